The predicted octanol–water partition coefficient (Wildman–Crippen LogP) is 3.80. The second-order valence-electron chi connectivity index (χ2n) is 9.30. The Labute approximate surface area is 195 Å². The Morgan fingerprint density at radius 1 is 0.879 bits per heavy atom. The van der Waals surface area contributed by atoms with Gasteiger partial charge in [-0.3, -0.25) is 0 Å². The average molecular weight is 472 g/mol. The number of fused-ring (bicyclic) bond motifs is 1. The lowest BCUT2D eigenvalue weighted by atomic mass is 9.92. The van der Waals surface area contributed by atoms with Gasteiger partial charge in [0.05, 0.1) is 4.90 Å². The van der Waals surface area contributed by atoms with Crippen LogP contribution in [0.2, 0.25) is 0 Å². The van der Waals surface area contributed by atoms with Gasteiger partial charge < -0.3 is 9.80 Å². The van der Waals surface area contributed by atoms with E-state index in [1.807, 2.05) is 17.0 Å². The van der Waals surface area contributed by atoms with Gasteiger partial charge in [0.2, 0.25) is 10.0 Å². The van der Waals surface area contributed by atoms with Gasteiger partial charge in [-0.2, -0.15) is 4.31 Å². The van der Waals surface area contributed by atoms with Crippen molar-refractivity contribution in [1.82, 2.24) is 14.1 Å². The lowest BCUT2D eigenvalue weighted by Gasteiger charge is -2.36. The molecule has 8 heteroatoms. The van der Waals surface area contributed by atoms with Crippen LogP contribution in [-0.4, -0.2) is 60.8 Å². The second kappa shape index (κ2) is 9.06. The Kier molecular flexibility index (Phi) is 6.14. The summed E-state index contributed by atoms with van der Waals surface area (Å²) < 4.78 is 41.2. The molecule has 0 spiro atoms. The monoisotopic (exact) mass is 471 g/mol. The molecule has 2 aromatic rings. The maximum Gasteiger partial charge on any atom is 0.320 e. The Balaban J connectivity index is 1.20. The van der Waals surface area contributed by atoms with Crippen LogP contribution in [0.15, 0.2) is 47.4 Å². The highest BCUT2D eigenvalue weighted by atomic mass is 32.2. The fourth-order valence-electron chi connectivity index (χ4n) is 5.31. The second-order valence-corrected chi connectivity index (χ2v) is 11.2. The number of benzene rings is 2. The molecule has 176 valence electrons. The van der Waals surface area contributed by atoms with Crippen molar-refractivity contribution in [2.24, 2.45) is 0 Å². The number of aryl methyl sites for hydroxylation is 2. The minimum atomic E-state index is -3.52. The van der Waals surface area contributed by atoms with E-state index in [0.717, 1.165) is 24.8 Å². The molecular formula is C25H30FN3O3S. The van der Waals surface area contributed by atoms with Crippen molar-refractivity contribution in [3.63, 3.8) is 0 Å². The van der Waals surface area contributed by atoms with Crippen LogP contribution in [0.3, 0.4) is 0 Å². The topological polar surface area (TPSA) is 60.9 Å². The van der Waals surface area contributed by atoms with Crippen molar-refractivity contribution in [3.05, 3.63) is 65.0 Å². The van der Waals surface area contributed by atoms with E-state index in [0.29, 0.717) is 50.5 Å². The molecule has 33 heavy (non-hydrogen) atoms. The minimum Gasteiger partial charge on any atom is -0.320 e. The van der Waals surface area contributed by atoms with E-state index in [2.05, 4.69) is 0 Å². The molecule has 2 saturated heterocycles. The third-order valence-electron chi connectivity index (χ3n) is 7.24. The Morgan fingerprint density at radius 3 is 2.30 bits per heavy atom. The molecule has 1 aliphatic carbocycles. The average Bonchev–Trinajstić information content (AvgIpc) is 3.20. The Bertz CT molecular complexity index is 1130. The van der Waals surface area contributed by atoms with Crippen molar-refractivity contribution in [3.8, 4) is 0 Å². The first-order valence-electron chi connectivity index (χ1n) is 11.8. The predicted molar refractivity (Wildman–Crippen MR) is 124 cm³/mol. The fraction of sp³-hybridized carbons (Fsp3) is 0.480. The molecule has 0 atom stereocenters. The van der Waals surface area contributed by atoms with Crippen LogP contribution < -0.4 is 0 Å². The highest BCUT2D eigenvalue weighted by molar-refractivity contribution is 7.89. The number of nitrogens with zero attached hydrogens (tertiary/aromatic N) is 3. The molecule has 0 N–H and O–H groups in total. The summed E-state index contributed by atoms with van der Waals surface area (Å²) in [7, 11) is -3.52. The van der Waals surface area contributed by atoms with Crippen LogP contribution in [0.5, 0.6) is 0 Å². The van der Waals surface area contributed by atoms with Crippen LogP contribution in [0.4, 0.5) is 9.18 Å². The summed E-state index contributed by atoms with van der Waals surface area (Å²) in [5.74, 6) is -0.287. The van der Waals surface area contributed by atoms with Gasteiger partial charge in [-0.15, -0.1) is 0 Å². The van der Waals surface area contributed by atoms with Gasteiger partial charge in [-0.1, -0.05) is 18.2 Å². The van der Waals surface area contributed by atoms with Gasteiger partial charge in [-0.05, 0) is 79.5 Å². The lowest BCUT2D eigenvalue weighted by Crippen LogP contribution is -2.48. The standard InChI is InChI=1S/C25H30FN3O3S/c26-22-8-5-19(6-9-22)18-27-15-16-29(25(27)30)23-11-13-28(14-12-23)33(31,32)24-10-7-20-3-1-2-4-21(20)17-24/h5-10,17,23H,1-4,11-16,18H2. The van der Waals surface area contributed by atoms with Crippen LogP contribution in [0.1, 0.15) is 42.4 Å². The van der Waals surface area contributed by atoms with E-state index in [4.69, 9.17) is 0 Å². The molecule has 0 unspecified atom stereocenters. The Hall–Kier alpha value is -2.45. The molecule has 0 aromatic heterocycles. The van der Waals surface area contributed by atoms with Crippen LogP contribution in [0.25, 0.3) is 0 Å². The third-order valence-corrected chi connectivity index (χ3v) is 9.13. The van der Waals surface area contributed by atoms with Crippen molar-refractivity contribution in [2.75, 3.05) is 26.2 Å². The lowest BCUT2D eigenvalue weighted by molar-refractivity contribution is 0.153. The van der Waals surface area contributed by atoms with Gasteiger partial charge in [0, 0.05) is 38.8 Å². The van der Waals surface area contributed by atoms with Gasteiger partial charge in [-0.25, -0.2) is 17.6 Å². The van der Waals surface area contributed by atoms with Crippen molar-refractivity contribution >= 4 is 16.1 Å². The van der Waals surface area contributed by atoms with Crippen LogP contribution >= 0.6 is 0 Å². The van der Waals surface area contributed by atoms with Crippen LogP contribution in [0, 0.1) is 5.82 Å². The maximum atomic E-state index is 13.3. The number of hydrogen-bond donors (Lipinski definition) is 0. The minimum absolute atomic E-state index is 0.0182. The van der Waals surface area contributed by atoms with E-state index in [1.165, 1.54) is 29.7 Å². The molecule has 0 bridgehead atoms. The zero-order valence-corrected chi connectivity index (χ0v) is 19.6. The molecule has 2 aliphatic heterocycles. The molecule has 2 amide bonds. The molecule has 5 rings (SSSR count). The summed E-state index contributed by atoms with van der Waals surface area (Å²) in [6.45, 7) is 2.57. The van der Waals surface area contributed by atoms with Gasteiger partial charge in [0.1, 0.15) is 5.82 Å². The highest BCUT2D eigenvalue weighted by Crippen LogP contribution is 2.29. The van der Waals surface area contributed by atoms with E-state index >= 15 is 0 Å². The molecule has 6 nitrogen and oxygen atoms in total. The van der Waals surface area contributed by atoms with Gasteiger partial charge in [0.15, 0.2) is 0 Å². The number of sulfonamides is 1. The quantitative estimate of drug-likeness (QED) is 0.667. The zero-order chi connectivity index (χ0) is 23.0. The number of rotatable bonds is 5. The molecule has 0 saturated carbocycles. The number of carbonyl (C=O) groups excluding carboxylic acids is 1. The smallest absolute Gasteiger partial charge is 0.320 e. The molecule has 0 radical (unpaired) electrons. The summed E-state index contributed by atoms with van der Waals surface area (Å²) in [5, 5.41) is 0. The highest BCUT2D eigenvalue weighted by Gasteiger charge is 2.37. The van der Waals surface area contributed by atoms with Crippen molar-refractivity contribution < 1.29 is 17.6 Å². The van der Waals surface area contributed by atoms with E-state index in [9.17, 15) is 17.6 Å². The molecule has 2 fully saturated rings. The van der Waals surface area contributed by atoms with Crippen molar-refractivity contribution in [1.29, 1.82) is 0 Å². The van der Waals surface area contributed by atoms with Crippen molar-refractivity contribution in [2.45, 2.75) is 56.0 Å². The molecule has 3 aliphatic rings. The first kappa shape index (κ1) is 22.3. The number of piperidine rings is 1. The molecule has 2 aromatic carbocycles. The SMILES string of the molecule is O=C1N(Cc2ccc(F)cc2)CCN1C1CCN(S(=O)(=O)c2ccc3c(c2)CCCC3)CC1. The van der Waals surface area contributed by atoms with Crippen LogP contribution in [-0.2, 0) is 29.4 Å². The summed E-state index contributed by atoms with van der Waals surface area (Å²) in [4.78, 5) is 17.0. The number of urea groups is 1. The summed E-state index contributed by atoms with van der Waals surface area (Å²) in [5.41, 5.74) is 3.34. The molecular weight excluding hydrogens is 441 g/mol. The number of carbonyl (C=O) groups is 1. The number of halogens is 1. The maximum absolute atomic E-state index is 13.3. The molecule has 2 heterocycles. The summed E-state index contributed by atoms with van der Waals surface area (Å²) in [6.07, 6.45) is 5.54. The fourth-order valence-corrected chi connectivity index (χ4v) is 6.83. The first-order valence-corrected chi connectivity index (χ1v) is 13.3. The van der Waals surface area contributed by atoms with Gasteiger partial charge >= 0.3 is 6.03 Å². The number of hydrogen-bond acceptors (Lipinski definition) is 3. The summed E-state index contributed by atoms with van der Waals surface area (Å²) >= 11 is 0. The first-order chi connectivity index (χ1) is 15.9. The third kappa shape index (κ3) is 4.51. The zero-order valence-electron chi connectivity index (χ0n) is 18.7. The largest absolute Gasteiger partial charge is 0.320 e. The normalized spacial score (nSPS) is 20.3. The van der Waals surface area contributed by atoms with Gasteiger partial charge in [0.25, 0.3) is 0 Å². The van der Waals surface area contributed by atoms with E-state index < -0.39 is 10.0 Å². The summed E-state index contributed by atoms with van der Waals surface area (Å²) in [6, 6.07) is 11.9. The Morgan fingerprint density at radius 2 is 1.58 bits per heavy atom. The van der Waals surface area contributed by atoms with E-state index in [1.54, 1.807) is 27.4 Å². The number of amides is 2. The van der Waals surface area contributed by atoms with E-state index in [-0.39, 0.29) is 17.9 Å².